The third-order valence-corrected chi connectivity index (χ3v) is 6.70. The fourth-order valence-electron chi connectivity index (χ4n) is 4.15. The molecular formula is C25H29BrO4. The molecule has 0 aromatic heterocycles. The number of hydrogen-bond donors (Lipinski definition) is 1. The molecule has 2 aromatic carbocycles. The molecule has 0 heterocycles. The monoisotopic (exact) mass is 472 g/mol. The maximum atomic E-state index is 13.1. The van der Waals surface area contributed by atoms with Crippen molar-refractivity contribution in [2.24, 2.45) is 5.92 Å². The number of hydrogen-bond acceptors (Lipinski definition) is 4. The smallest absolute Gasteiger partial charge is 0.166 e. The Kier molecular flexibility index (Phi) is 7.61. The molecule has 0 radical (unpaired) electrons. The second-order valence-electron chi connectivity index (χ2n) is 8.60. The van der Waals surface area contributed by atoms with E-state index in [4.69, 9.17) is 9.84 Å². The van der Waals surface area contributed by atoms with Crippen molar-refractivity contribution in [1.29, 1.82) is 0 Å². The zero-order valence-corrected chi connectivity index (χ0v) is 19.2. The van der Waals surface area contributed by atoms with Gasteiger partial charge in [-0.05, 0) is 48.4 Å². The molecule has 160 valence electrons. The van der Waals surface area contributed by atoms with Crippen molar-refractivity contribution in [3.8, 4) is 0 Å². The Morgan fingerprint density at radius 1 is 1.27 bits per heavy atom. The topological polar surface area (TPSA) is 63.6 Å². The molecule has 0 unspecified atom stereocenters. The van der Waals surface area contributed by atoms with E-state index < -0.39 is 0 Å². The van der Waals surface area contributed by atoms with E-state index in [1.54, 1.807) is 0 Å². The van der Waals surface area contributed by atoms with Gasteiger partial charge in [-0.3, -0.25) is 9.59 Å². The highest BCUT2D eigenvalue weighted by Crippen LogP contribution is 2.33. The van der Waals surface area contributed by atoms with Crippen LogP contribution in [-0.2, 0) is 23.0 Å². The lowest BCUT2D eigenvalue weighted by Crippen LogP contribution is -2.27. The van der Waals surface area contributed by atoms with Crippen LogP contribution in [0.5, 0.6) is 0 Å². The first-order valence-electron chi connectivity index (χ1n) is 10.5. The summed E-state index contributed by atoms with van der Waals surface area (Å²) in [6.07, 6.45) is 4.06. The zero-order chi connectivity index (χ0) is 21.7. The van der Waals surface area contributed by atoms with E-state index in [9.17, 15) is 9.59 Å². The molecule has 0 fully saturated rings. The number of rotatable bonds is 9. The summed E-state index contributed by atoms with van der Waals surface area (Å²) in [6, 6.07) is 11.9. The van der Waals surface area contributed by atoms with Crippen LogP contribution in [0.1, 0.15) is 64.1 Å². The minimum absolute atomic E-state index is 0.0114. The largest absolute Gasteiger partial charge is 0.394 e. The maximum Gasteiger partial charge on any atom is 0.166 e. The Hall–Kier alpha value is -1.82. The number of aryl methyl sites for hydroxylation is 2. The number of aldehydes is 1. The van der Waals surface area contributed by atoms with Gasteiger partial charge < -0.3 is 9.84 Å². The summed E-state index contributed by atoms with van der Waals surface area (Å²) in [6.45, 7) is 5.10. The fourth-order valence-corrected chi connectivity index (χ4v) is 4.66. The van der Waals surface area contributed by atoms with Gasteiger partial charge in [-0.15, -0.1) is 0 Å². The highest BCUT2D eigenvalue weighted by molar-refractivity contribution is 9.10. The van der Waals surface area contributed by atoms with Crippen LogP contribution in [0, 0.1) is 5.92 Å². The third-order valence-electron chi connectivity index (χ3n) is 6.01. The predicted octanol–water partition coefficient (Wildman–Crippen LogP) is 4.93. The van der Waals surface area contributed by atoms with Gasteiger partial charge in [0.1, 0.15) is 0 Å². The van der Waals surface area contributed by atoms with Gasteiger partial charge >= 0.3 is 0 Å². The van der Waals surface area contributed by atoms with Gasteiger partial charge in [0.05, 0.1) is 19.8 Å². The van der Waals surface area contributed by atoms with E-state index in [1.165, 1.54) is 0 Å². The molecule has 0 spiro atoms. The quantitative estimate of drug-likeness (QED) is 0.415. The molecule has 1 N–H and O–H groups in total. The number of carbonyl (C=O) groups is 2. The van der Waals surface area contributed by atoms with Crippen molar-refractivity contribution in [3.63, 3.8) is 0 Å². The van der Waals surface area contributed by atoms with Gasteiger partial charge in [0, 0.05) is 26.9 Å². The molecule has 0 amide bonds. The van der Waals surface area contributed by atoms with E-state index in [1.807, 2.05) is 30.3 Å². The molecule has 2 aromatic rings. The molecule has 3 rings (SSSR count). The number of aliphatic hydroxyl groups is 1. The molecule has 1 aliphatic rings. The first kappa shape index (κ1) is 22.9. The van der Waals surface area contributed by atoms with E-state index >= 15 is 0 Å². The van der Waals surface area contributed by atoms with Crippen molar-refractivity contribution in [1.82, 2.24) is 0 Å². The molecule has 0 saturated carbocycles. The number of benzene rings is 2. The first-order valence-corrected chi connectivity index (χ1v) is 11.3. The van der Waals surface area contributed by atoms with Crippen molar-refractivity contribution >= 4 is 28.0 Å². The second kappa shape index (κ2) is 9.99. The van der Waals surface area contributed by atoms with Crippen LogP contribution in [-0.4, -0.2) is 37.0 Å². The summed E-state index contributed by atoms with van der Waals surface area (Å²) in [5, 5.41) is 8.92. The van der Waals surface area contributed by atoms with Crippen LogP contribution in [0.15, 0.2) is 40.9 Å². The minimum Gasteiger partial charge on any atom is -0.394 e. The highest BCUT2D eigenvalue weighted by atomic mass is 79.9. The molecule has 1 atom stereocenters. The highest BCUT2D eigenvalue weighted by Gasteiger charge is 2.29. The van der Waals surface area contributed by atoms with Crippen LogP contribution in [0.2, 0.25) is 0 Å². The lowest BCUT2D eigenvalue weighted by molar-refractivity contribution is 0.0642. The van der Waals surface area contributed by atoms with Crippen LogP contribution in [0.3, 0.4) is 0 Å². The average Bonchev–Trinajstić information content (AvgIpc) is 2.73. The average molecular weight is 473 g/mol. The molecule has 0 saturated heterocycles. The summed E-state index contributed by atoms with van der Waals surface area (Å²) in [4.78, 5) is 24.5. The van der Waals surface area contributed by atoms with Crippen molar-refractivity contribution in [2.75, 3.05) is 19.8 Å². The van der Waals surface area contributed by atoms with Crippen LogP contribution >= 0.6 is 15.9 Å². The standard InChI is InChI=1S/C25H29BrO4/c1-25(2,16-30-13-12-27)20-10-11-21-19(14-20)9-8-18(24(21)29)7-6-17-4-3-5-23(26)22(17)15-28/h3-5,10-11,14-15,18,27H,6-9,12-13,16H2,1-2H3/t18-/m1/s1. The molecule has 0 bridgehead atoms. The van der Waals surface area contributed by atoms with E-state index in [0.29, 0.717) is 25.2 Å². The zero-order valence-electron chi connectivity index (χ0n) is 17.6. The number of fused-ring (bicyclic) bond motifs is 1. The minimum atomic E-state index is -0.185. The summed E-state index contributed by atoms with van der Waals surface area (Å²) in [5.41, 5.74) is 4.56. The summed E-state index contributed by atoms with van der Waals surface area (Å²) in [7, 11) is 0. The molecule has 5 heteroatoms. The van der Waals surface area contributed by atoms with Gasteiger partial charge in [0.15, 0.2) is 12.1 Å². The summed E-state index contributed by atoms with van der Waals surface area (Å²) < 4.78 is 6.34. The van der Waals surface area contributed by atoms with Gasteiger partial charge in [-0.1, -0.05) is 60.1 Å². The number of Topliss-reactive ketones (excluding diaryl/α,β-unsaturated/α-hetero) is 1. The van der Waals surface area contributed by atoms with Crippen LogP contribution < -0.4 is 0 Å². The molecule has 0 aliphatic heterocycles. The predicted molar refractivity (Wildman–Crippen MR) is 121 cm³/mol. The number of aliphatic hydroxyl groups excluding tert-OH is 1. The second-order valence-corrected chi connectivity index (χ2v) is 9.46. The Morgan fingerprint density at radius 3 is 2.80 bits per heavy atom. The van der Waals surface area contributed by atoms with Crippen LogP contribution in [0.4, 0.5) is 0 Å². The van der Waals surface area contributed by atoms with Crippen molar-refractivity contribution in [3.05, 3.63) is 68.7 Å². The van der Waals surface area contributed by atoms with Gasteiger partial charge in [-0.2, -0.15) is 0 Å². The van der Waals surface area contributed by atoms with Crippen LogP contribution in [0.25, 0.3) is 0 Å². The molecule has 1 aliphatic carbocycles. The Balaban J connectivity index is 1.70. The number of ether oxygens (including phenoxy) is 1. The van der Waals surface area contributed by atoms with Gasteiger partial charge in [-0.25, -0.2) is 0 Å². The van der Waals surface area contributed by atoms with Crippen molar-refractivity contribution < 1.29 is 19.4 Å². The Labute approximate surface area is 186 Å². The summed E-state index contributed by atoms with van der Waals surface area (Å²) >= 11 is 3.43. The molecule has 4 nitrogen and oxygen atoms in total. The van der Waals surface area contributed by atoms with Gasteiger partial charge in [0.2, 0.25) is 0 Å². The summed E-state index contributed by atoms with van der Waals surface area (Å²) in [5.74, 6) is 0.197. The number of halogens is 1. The van der Waals surface area contributed by atoms with Crippen molar-refractivity contribution in [2.45, 2.75) is 44.9 Å². The third kappa shape index (κ3) is 5.08. The Bertz CT molecular complexity index is 919. The lowest BCUT2D eigenvalue weighted by Gasteiger charge is -2.29. The SMILES string of the molecule is CC(C)(COCCO)c1ccc2c(c1)CC[C@@H](CCc1cccc(Br)c1C=O)C2=O. The van der Waals surface area contributed by atoms with Gasteiger partial charge in [0.25, 0.3) is 0 Å². The van der Waals surface area contributed by atoms with E-state index in [0.717, 1.165) is 52.3 Å². The molecular weight excluding hydrogens is 444 g/mol. The lowest BCUT2D eigenvalue weighted by atomic mass is 9.76. The first-order chi connectivity index (χ1) is 14.4. The fraction of sp³-hybridized carbons (Fsp3) is 0.440. The molecule has 30 heavy (non-hydrogen) atoms. The van der Waals surface area contributed by atoms with E-state index in [-0.39, 0.29) is 23.7 Å². The normalized spacial score (nSPS) is 16.4. The maximum absolute atomic E-state index is 13.1. The number of ketones is 1. The van der Waals surface area contributed by atoms with E-state index in [2.05, 4.69) is 35.8 Å². The Morgan fingerprint density at radius 2 is 2.07 bits per heavy atom. The number of carbonyl (C=O) groups excluding carboxylic acids is 2.